The van der Waals surface area contributed by atoms with Crippen molar-refractivity contribution in [2.75, 3.05) is 25.5 Å². The van der Waals surface area contributed by atoms with Crippen LogP contribution < -0.4 is 16.0 Å². The van der Waals surface area contributed by atoms with Crippen LogP contribution in [-0.2, 0) is 16.1 Å². The normalized spacial score (nSPS) is 16.9. The minimum atomic E-state index is -0.498. The van der Waals surface area contributed by atoms with Crippen LogP contribution in [0.25, 0.3) is 0 Å². The third-order valence-corrected chi connectivity index (χ3v) is 4.62. The first-order valence-corrected chi connectivity index (χ1v) is 9.09. The molecule has 3 amide bonds. The molecule has 1 saturated heterocycles. The maximum atomic E-state index is 12.3. The molecule has 8 heteroatoms. The number of anilines is 1. The molecular formula is C20H23N5O3. The molecule has 1 atom stereocenters. The molecule has 2 heterocycles. The number of pyridine rings is 1. The van der Waals surface area contributed by atoms with Gasteiger partial charge in [-0.15, -0.1) is 0 Å². The van der Waals surface area contributed by atoms with Crippen LogP contribution in [0.4, 0.5) is 5.69 Å². The van der Waals surface area contributed by atoms with Gasteiger partial charge in [0.2, 0.25) is 11.8 Å². The van der Waals surface area contributed by atoms with Crippen molar-refractivity contribution in [1.82, 2.24) is 20.5 Å². The predicted octanol–water partition coefficient (Wildman–Crippen LogP) is 0.770. The highest BCUT2D eigenvalue weighted by Gasteiger charge is 2.31. The van der Waals surface area contributed by atoms with E-state index < -0.39 is 6.04 Å². The highest BCUT2D eigenvalue weighted by Crippen LogP contribution is 2.15. The van der Waals surface area contributed by atoms with Crippen molar-refractivity contribution in [1.29, 1.82) is 0 Å². The van der Waals surface area contributed by atoms with E-state index in [1.165, 1.54) is 0 Å². The molecule has 1 aromatic heterocycles. The van der Waals surface area contributed by atoms with Gasteiger partial charge in [0.05, 0.1) is 24.3 Å². The Morgan fingerprint density at radius 1 is 1.25 bits per heavy atom. The molecule has 2 aromatic rings. The highest BCUT2D eigenvalue weighted by atomic mass is 16.2. The molecule has 3 rings (SSSR count). The van der Waals surface area contributed by atoms with E-state index in [-0.39, 0.29) is 24.1 Å². The van der Waals surface area contributed by atoms with E-state index in [0.717, 1.165) is 5.56 Å². The van der Waals surface area contributed by atoms with E-state index >= 15 is 0 Å². The van der Waals surface area contributed by atoms with Crippen LogP contribution in [0, 0.1) is 0 Å². The fourth-order valence-electron chi connectivity index (χ4n) is 3.09. The van der Waals surface area contributed by atoms with Crippen molar-refractivity contribution in [2.45, 2.75) is 19.0 Å². The van der Waals surface area contributed by atoms with Crippen molar-refractivity contribution in [3.8, 4) is 0 Å². The largest absolute Gasteiger partial charge is 0.359 e. The molecule has 0 bridgehead atoms. The summed E-state index contributed by atoms with van der Waals surface area (Å²) in [6.45, 7) is 1.74. The number of carbonyl (C=O) groups is 3. The standard InChI is InChI=1S/C20H23N5O3/c1-21-18(26)11-17-20(28)23-9-10-25(17)13-14-4-6-15(7-5-14)19(27)24-16-3-2-8-22-12-16/h2-8,12,17H,9-11,13H2,1H3,(H,21,26)(H,23,28)(H,24,27). The predicted molar refractivity (Wildman–Crippen MR) is 105 cm³/mol. The molecule has 146 valence electrons. The van der Waals surface area contributed by atoms with E-state index in [1.807, 2.05) is 17.0 Å². The SMILES string of the molecule is CNC(=O)CC1C(=O)NCCN1Cc1ccc(C(=O)Nc2cccnc2)cc1. The summed E-state index contributed by atoms with van der Waals surface area (Å²) >= 11 is 0. The number of aromatic nitrogens is 1. The minimum Gasteiger partial charge on any atom is -0.359 e. The van der Waals surface area contributed by atoms with E-state index in [4.69, 9.17) is 0 Å². The van der Waals surface area contributed by atoms with Crippen LogP contribution in [-0.4, -0.2) is 53.8 Å². The Balaban J connectivity index is 1.64. The Kier molecular flexibility index (Phi) is 6.33. The number of nitrogens with zero attached hydrogens (tertiary/aromatic N) is 2. The van der Waals surface area contributed by atoms with E-state index in [1.54, 1.807) is 43.7 Å². The zero-order valence-corrected chi connectivity index (χ0v) is 15.6. The first kappa shape index (κ1) is 19.5. The number of benzene rings is 1. The van der Waals surface area contributed by atoms with Gasteiger partial charge in [-0.25, -0.2) is 0 Å². The van der Waals surface area contributed by atoms with Crippen LogP contribution in [0.3, 0.4) is 0 Å². The summed E-state index contributed by atoms with van der Waals surface area (Å²) in [6.07, 6.45) is 3.34. The maximum absolute atomic E-state index is 12.3. The molecular weight excluding hydrogens is 358 g/mol. The van der Waals surface area contributed by atoms with Gasteiger partial charge in [-0.05, 0) is 29.8 Å². The van der Waals surface area contributed by atoms with Crippen LogP contribution in [0.15, 0.2) is 48.8 Å². The number of piperazine rings is 1. The summed E-state index contributed by atoms with van der Waals surface area (Å²) in [5, 5.41) is 8.16. The van der Waals surface area contributed by atoms with Crippen LogP contribution in [0.1, 0.15) is 22.3 Å². The Morgan fingerprint density at radius 2 is 2.04 bits per heavy atom. The lowest BCUT2D eigenvalue weighted by Gasteiger charge is -2.34. The topological polar surface area (TPSA) is 103 Å². The average molecular weight is 381 g/mol. The number of amides is 3. The van der Waals surface area contributed by atoms with E-state index in [2.05, 4.69) is 20.9 Å². The van der Waals surface area contributed by atoms with Crippen molar-refractivity contribution in [3.63, 3.8) is 0 Å². The van der Waals surface area contributed by atoms with E-state index in [0.29, 0.717) is 30.9 Å². The molecule has 1 aliphatic rings. The fraction of sp³-hybridized carbons (Fsp3) is 0.300. The molecule has 0 radical (unpaired) electrons. The zero-order chi connectivity index (χ0) is 19.9. The average Bonchev–Trinajstić information content (AvgIpc) is 2.71. The minimum absolute atomic E-state index is 0.119. The fourth-order valence-corrected chi connectivity index (χ4v) is 3.09. The monoisotopic (exact) mass is 381 g/mol. The third kappa shape index (κ3) is 4.92. The molecule has 1 aromatic carbocycles. The molecule has 0 spiro atoms. The molecule has 0 saturated carbocycles. The lowest BCUT2D eigenvalue weighted by molar-refractivity contribution is -0.134. The Bertz CT molecular complexity index is 839. The van der Waals surface area contributed by atoms with Gasteiger partial charge in [-0.2, -0.15) is 0 Å². The summed E-state index contributed by atoms with van der Waals surface area (Å²) in [7, 11) is 1.56. The van der Waals surface area contributed by atoms with Gasteiger partial charge in [0, 0.05) is 38.4 Å². The van der Waals surface area contributed by atoms with Crippen LogP contribution in [0.5, 0.6) is 0 Å². The maximum Gasteiger partial charge on any atom is 0.255 e. The van der Waals surface area contributed by atoms with Gasteiger partial charge in [0.25, 0.3) is 5.91 Å². The second kappa shape index (κ2) is 9.09. The number of hydrogen-bond acceptors (Lipinski definition) is 5. The van der Waals surface area contributed by atoms with Gasteiger partial charge in [-0.1, -0.05) is 12.1 Å². The smallest absolute Gasteiger partial charge is 0.255 e. The Hall–Kier alpha value is -3.26. The second-order valence-electron chi connectivity index (χ2n) is 6.55. The molecule has 0 aliphatic carbocycles. The second-order valence-corrected chi connectivity index (χ2v) is 6.55. The molecule has 1 unspecified atom stereocenters. The summed E-state index contributed by atoms with van der Waals surface area (Å²) in [5.41, 5.74) is 2.13. The van der Waals surface area contributed by atoms with Gasteiger partial charge >= 0.3 is 0 Å². The van der Waals surface area contributed by atoms with Crippen LogP contribution in [0.2, 0.25) is 0 Å². The first-order chi connectivity index (χ1) is 13.6. The van der Waals surface area contributed by atoms with Crippen LogP contribution >= 0.6 is 0 Å². The molecule has 1 aliphatic heterocycles. The Morgan fingerprint density at radius 3 is 2.71 bits per heavy atom. The van der Waals surface area contributed by atoms with Gasteiger partial charge in [0.1, 0.15) is 0 Å². The van der Waals surface area contributed by atoms with Gasteiger partial charge in [-0.3, -0.25) is 24.3 Å². The number of rotatable bonds is 6. The number of carbonyl (C=O) groups excluding carboxylic acids is 3. The zero-order valence-electron chi connectivity index (χ0n) is 15.6. The number of hydrogen-bond donors (Lipinski definition) is 3. The van der Waals surface area contributed by atoms with Gasteiger partial charge in [0.15, 0.2) is 0 Å². The lowest BCUT2D eigenvalue weighted by Crippen LogP contribution is -2.55. The summed E-state index contributed by atoms with van der Waals surface area (Å²) < 4.78 is 0. The summed E-state index contributed by atoms with van der Waals surface area (Å²) in [4.78, 5) is 42.2. The van der Waals surface area contributed by atoms with Gasteiger partial charge < -0.3 is 16.0 Å². The third-order valence-electron chi connectivity index (χ3n) is 4.62. The van der Waals surface area contributed by atoms with E-state index in [9.17, 15) is 14.4 Å². The molecule has 8 nitrogen and oxygen atoms in total. The number of nitrogens with one attached hydrogen (secondary N) is 3. The quantitative estimate of drug-likeness (QED) is 0.686. The van der Waals surface area contributed by atoms with Crippen molar-refractivity contribution in [2.24, 2.45) is 0 Å². The Labute approximate surface area is 163 Å². The van der Waals surface area contributed by atoms with Crippen molar-refractivity contribution in [3.05, 3.63) is 59.9 Å². The molecule has 3 N–H and O–H groups in total. The highest BCUT2D eigenvalue weighted by molar-refractivity contribution is 6.04. The summed E-state index contributed by atoms with van der Waals surface area (Å²) in [5.74, 6) is -0.522. The lowest BCUT2D eigenvalue weighted by atomic mass is 10.1. The van der Waals surface area contributed by atoms with Crippen molar-refractivity contribution >= 4 is 23.4 Å². The molecule has 1 fully saturated rings. The van der Waals surface area contributed by atoms with Crippen molar-refractivity contribution < 1.29 is 14.4 Å². The summed E-state index contributed by atoms with van der Waals surface area (Å²) in [6, 6.07) is 10.2. The molecule has 28 heavy (non-hydrogen) atoms. The first-order valence-electron chi connectivity index (χ1n) is 9.09.